The standard InChI is InChI=1S/C13H19ClO4S/c1-11(10-19(14,15)16)9-18-13-5-3-12(4-6-13)7-8-17-2/h3-6,11H,7-10H2,1-2H3. The molecule has 0 saturated carbocycles. The molecule has 0 saturated heterocycles. The number of rotatable bonds is 8. The average molecular weight is 307 g/mol. The summed E-state index contributed by atoms with van der Waals surface area (Å²) in [5, 5.41) is 0. The van der Waals surface area contributed by atoms with Crippen LogP contribution < -0.4 is 4.74 Å². The zero-order chi connectivity index (χ0) is 14.3. The van der Waals surface area contributed by atoms with Crippen molar-refractivity contribution in [3.05, 3.63) is 29.8 Å². The van der Waals surface area contributed by atoms with E-state index in [0.29, 0.717) is 13.2 Å². The Morgan fingerprint density at radius 3 is 2.42 bits per heavy atom. The van der Waals surface area contributed by atoms with Crippen LogP contribution in [0.15, 0.2) is 24.3 Å². The van der Waals surface area contributed by atoms with Gasteiger partial charge in [0.15, 0.2) is 0 Å². The number of halogens is 1. The second-order valence-corrected chi connectivity index (χ2v) is 7.33. The molecule has 108 valence electrons. The van der Waals surface area contributed by atoms with Crippen molar-refractivity contribution in [2.24, 2.45) is 5.92 Å². The fourth-order valence-electron chi connectivity index (χ4n) is 1.60. The Bertz CT molecular complexity index is 470. The minimum Gasteiger partial charge on any atom is -0.493 e. The molecule has 0 N–H and O–H groups in total. The first-order valence-electron chi connectivity index (χ1n) is 6.03. The van der Waals surface area contributed by atoms with E-state index in [9.17, 15) is 8.42 Å². The molecule has 4 nitrogen and oxygen atoms in total. The molecule has 0 radical (unpaired) electrons. The first-order chi connectivity index (χ1) is 8.90. The Morgan fingerprint density at radius 1 is 1.26 bits per heavy atom. The molecular weight excluding hydrogens is 288 g/mol. The van der Waals surface area contributed by atoms with Gasteiger partial charge in [0.2, 0.25) is 9.05 Å². The van der Waals surface area contributed by atoms with E-state index in [4.69, 9.17) is 20.2 Å². The highest BCUT2D eigenvalue weighted by molar-refractivity contribution is 8.13. The van der Waals surface area contributed by atoms with E-state index < -0.39 is 9.05 Å². The van der Waals surface area contributed by atoms with Gasteiger partial charge in [-0.15, -0.1) is 0 Å². The van der Waals surface area contributed by atoms with Crippen LogP contribution in [0.2, 0.25) is 0 Å². The van der Waals surface area contributed by atoms with E-state index in [-0.39, 0.29) is 11.7 Å². The Labute approximate surface area is 119 Å². The van der Waals surface area contributed by atoms with Crippen molar-refractivity contribution >= 4 is 19.7 Å². The molecule has 1 aromatic rings. The van der Waals surface area contributed by atoms with Crippen LogP contribution >= 0.6 is 10.7 Å². The van der Waals surface area contributed by atoms with E-state index >= 15 is 0 Å². The van der Waals surface area contributed by atoms with Crippen molar-refractivity contribution in [3.8, 4) is 5.75 Å². The molecule has 0 aliphatic carbocycles. The minimum atomic E-state index is -3.47. The van der Waals surface area contributed by atoms with E-state index in [0.717, 1.165) is 12.2 Å². The topological polar surface area (TPSA) is 52.6 Å². The van der Waals surface area contributed by atoms with E-state index in [1.54, 1.807) is 14.0 Å². The third kappa shape index (κ3) is 7.40. The molecule has 0 amide bonds. The van der Waals surface area contributed by atoms with E-state index in [2.05, 4.69) is 0 Å². The second kappa shape index (κ2) is 7.72. The Balaban J connectivity index is 2.41. The van der Waals surface area contributed by atoms with Crippen molar-refractivity contribution in [3.63, 3.8) is 0 Å². The lowest BCUT2D eigenvalue weighted by atomic mass is 10.1. The number of ether oxygens (including phenoxy) is 2. The summed E-state index contributed by atoms with van der Waals surface area (Å²) in [5.41, 5.74) is 1.17. The van der Waals surface area contributed by atoms with Crippen LogP contribution in [-0.4, -0.2) is 34.5 Å². The van der Waals surface area contributed by atoms with Crippen LogP contribution in [0.1, 0.15) is 12.5 Å². The highest BCUT2D eigenvalue weighted by Gasteiger charge is 2.13. The van der Waals surface area contributed by atoms with Crippen LogP contribution in [0.4, 0.5) is 0 Å². The maximum atomic E-state index is 10.9. The maximum Gasteiger partial charge on any atom is 0.232 e. The Morgan fingerprint density at radius 2 is 1.89 bits per heavy atom. The lowest BCUT2D eigenvalue weighted by Gasteiger charge is -2.11. The highest BCUT2D eigenvalue weighted by atomic mass is 35.7. The lowest BCUT2D eigenvalue weighted by Crippen LogP contribution is -2.16. The summed E-state index contributed by atoms with van der Waals surface area (Å²) in [6.07, 6.45) is 0.859. The summed E-state index contributed by atoms with van der Waals surface area (Å²) >= 11 is 0. The molecule has 0 bridgehead atoms. The molecule has 1 atom stereocenters. The van der Waals surface area contributed by atoms with Gasteiger partial charge in [-0.05, 0) is 24.1 Å². The van der Waals surface area contributed by atoms with E-state index in [1.165, 1.54) is 5.56 Å². The average Bonchev–Trinajstić information content (AvgIpc) is 2.33. The number of hydrogen-bond acceptors (Lipinski definition) is 4. The van der Waals surface area contributed by atoms with Crippen LogP contribution in [0.3, 0.4) is 0 Å². The Hall–Kier alpha value is -0.780. The Kier molecular flexibility index (Phi) is 6.62. The van der Waals surface area contributed by atoms with Crippen molar-refractivity contribution in [2.45, 2.75) is 13.3 Å². The van der Waals surface area contributed by atoms with Gasteiger partial charge in [-0.2, -0.15) is 0 Å². The van der Waals surface area contributed by atoms with Crippen LogP contribution in [0.25, 0.3) is 0 Å². The number of methoxy groups -OCH3 is 1. The molecule has 0 aliphatic rings. The molecule has 1 unspecified atom stereocenters. The quantitative estimate of drug-likeness (QED) is 0.692. The monoisotopic (exact) mass is 306 g/mol. The molecule has 1 aromatic carbocycles. The van der Waals surface area contributed by atoms with Crippen molar-refractivity contribution < 1.29 is 17.9 Å². The first-order valence-corrected chi connectivity index (χ1v) is 8.51. The smallest absolute Gasteiger partial charge is 0.232 e. The van der Waals surface area contributed by atoms with Gasteiger partial charge in [0.05, 0.1) is 19.0 Å². The second-order valence-electron chi connectivity index (χ2n) is 4.51. The number of benzene rings is 1. The van der Waals surface area contributed by atoms with Gasteiger partial charge < -0.3 is 9.47 Å². The fourth-order valence-corrected chi connectivity index (χ4v) is 3.02. The summed E-state index contributed by atoms with van der Waals surface area (Å²) in [6.45, 7) is 2.79. The predicted molar refractivity (Wildman–Crippen MR) is 76.3 cm³/mol. The molecule has 0 spiro atoms. The largest absolute Gasteiger partial charge is 0.493 e. The molecule has 0 heterocycles. The molecule has 1 rings (SSSR count). The third-order valence-electron chi connectivity index (χ3n) is 2.54. The van der Waals surface area contributed by atoms with Crippen LogP contribution in [0.5, 0.6) is 5.75 Å². The van der Waals surface area contributed by atoms with Crippen molar-refractivity contribution in [1.29, 1.82) is 0 Å². The summed E-state index contributed by atoms with van der Waals surface area (Å²) in [5.74, 6) is 0.496. The van der Waals surface area contributed by atoms with Gasteiger partial charge in [-0.1, -0.05) is 19.1 Å². The minimum absolute atomic E-state index is 0.0829. The van der Waals surface area contributed by atoms with Gasteiger partial charge in [0.1, 0.15) is 5.75 Å². The molecular formula is C13H19ClO4S. The summed E-state index contributed by atoms with van der Waals surface area (Å²) in [6, 6.07) is 7.68. The maximum absolute atomic E-state index is 10.9. The molecule has 19 heavy (non-hydrogen) atoms. The van der Waals surface area contributed by atoms with Gasteiger partial charge in [-0.3, -0.25) is 0 Å². The third-order valence-corrected chi connectivity index (χ3v) is 3.88. The zero-order valence-corrected chi connectivity index (χ0v) is 12.7. The summed E-state index contributed by atoms with van der Waals surface area (Å²) in [4.78, 5) is 0. The SMILES string of the molecule is COCCc1ccc(OCC(C)CS(=O)(=O)Cl)cc1. The van der Waals surface area contributed by atoms with Gasteiger partial charge >= 0.3 is 0 Å². The molecule has 6 heteroatoms. The lowest BCUT2D eigenvalue weighted by molar-refractivity contribution is 0.202. The fraction of sp³-hybridized carbons (Fsp3) is 0.538. The van der Waals surface area contributed by atoms with Gasteiger partial charge in [0, 0.05) is 23.7 Å². The van der Waals surface area contributed by atoms with Crippen molar-refractivity contribution in [1.82, 2.24) is 0 Å². The first kappa shape index (κ1) is 16.3. The van der Waals surface area contributed by atoms with E-state index in [1.807, 2.05) is 24.3 Å². The normalized spacial score (nSPS) is 13.2. The summed E-state index contributed by atoms with van der Waals surface area (Å²) < 4.78 is 32.3. The van der Waals surface area contributed by atoms with Crippen LogP contribution in [0, 0.1) is 5.92 Å². The molecule has 0 aromatic heterocycles. The predicted octanol–water partition coefficient (Wildman–Crippen LogP) is 2.46. The molecule has 0 aliphatic heterocycles. The van der Waals surface area contributed by atoms with Gasteiger partial charge in [-0.25, -0.2) is 8.42 Å². The highest BCUT2D eigenvalue weighted by Crippen LogP contribution is 2.14. The summed E-state index contributed by atoms with van der Waals surface area (Å²) in [7, 11) is 3.39. The van der Waals surface area contributed by atoms with Gasteiger partial charge in [0.25, 0.3) is 0 Å². The van der Waals surface area contributed by atoms with Crippen LogP contribution in [-0.2, 0) is 20.2 Å². The van der Waals surface area contributed by atoms with Crippen molar-refractivity contribution in [2.75, 3.05) is 26.1 Å². The zero-order valence-electron chi connectivity index (χ0n) is 11.1. The number of hydrogen-bond donors (Lipinski definition) is 0. The molecule has 0 fully saturated rings.